The standard InChI is InChI=1S/C14H18N2OS/c17-10-8-11-5-3-4-9-16(11)14-15-12-6-1-2-7-13(12)18-14/h1-2,6-7,11,17H,3-5,8-10H2. The highest BCUT2D eigenvalue weighted by atomic mass is 32.1. The van der Waals surface area contributed by atoms with E-state index in [1.807, 2.05) is 6.07 Å². The van der Waals surface area contributed by atoms with Gasteiger partial charge in [-0.15, -0.1) is 0 Å². The number of aliphatic hydroxyl groups is 1. The number of rotatable bonds is 3. The number of piperidine rings is 1. The van der Waals surface area contributed by atoms with E-state index in [0.717, 1.165) is 23.6 Å². The van der Waals surface area contributed by atoms with Gasteiger partial charge in [0.05, 0.1) is 10.2 Å². The van der Waals surface area contributed by atoms with Crippen molar-refractivity contribution in [1.82, 2.24) is 4.98 Å². The zero-order valence-corrected chi connectivity index (χ0v) is 11.2. The Kier molecular flexibility index (Phi) is 3.48. The topological polar surface area (TPSA) is 36.4 Å². The van der Waals surface area contributed by atoms with E-state index in [2.05, 4.69) is 23.1 Å². The second kappa shape index (κ2) is 5.24. The fraction of sp³-hybridized carbons (Fsp3) is 0.500. The van der Waals surface area contributed by atoms with Gasteiger partial charge in [-0.25, -0.2) is 4.98 Å². The Bertz CT molecular complexity index is 490. The normalized spacial score (nSPS) is 20.5. The van der Waals surface area contributed by atoms with Crippen LogP contribution in [0.25, 0.3) is 10.2 Å². The van der Waals surface area contributed by atoms with Crippen LogP contribution in [0.2, 0.25) is 0 Å². The van der Waals surface area contributed by atoms with Crippen molar-refractivity contribution in [3.8, 4) is 0 Å². The van der Waals surface area contributed by atoms with Crippen molar-refractivity contribution in [2.45, 2.75) is 31.7 Å². The van der Waals surface area contributed by atoms with Gasteiger partial charge in [0.2, 0.25) is 0 Å². The Labute approximate surface area is 111 Å². The molecule has 0 radical (unpaired) electrons. The number of aromatic nitrogens is 1. The Morgan fingerprint density at radius 2 is 2.22 bits per heavy atom. The average Bonchev–Trinajstić information content (AvgIpc) is 2.83. The maximum Gasteiger partial charge on any atom is 0.186 e. The second-order valence-corrected chi connectivity index (χ2v) is 5.83. The summed E-state index contributed by atoms with van der Waals surface area (Å²) in [5.41, 5.74) is 1.09. The molecule has 0 saturated carbocycles. The summed E-state index contributed by atoms with van der Waals surface area (Å²) in [5.74, 6) is 0. The largest absolute Gasteiger partial charge is 0.396 e. The van der Waals surface area contributed by atoms with E-state index in [4.69, 9.17) is 4.98 Å². The van der Waals surface area contributed by atoms with Crippen LogP contribution in [-0.4, -0.2) is 29.3 Å². The lowest BCUT2D eigenvalue weighted by Gasteiger charge is -2.35. The average molecular weight is 262 g/mol. The molecule has 4 heteroatoms. The molecule has 1 N–H and O–H groups in total. The van der Waals surface area contributed by atoms with Crippen molar-refractivity contribution in [1.29, 1.82) is 0 Å². The van der Waals surface area contributed by atoms with Crippen LogP contribution in [0, 0.1) is 0 Å². The van der Waals surface area contributed by atoms with Gasteiger partial charge in [-0.1, -0.05) is 23.5 Å². The lowest BCUT2D eigenvalue weighted by Crippen LogP contribution is -2.40. The first-order valence-corrected chi connectivity index (χ1v) is 7.43. The van der Waals surface area contributed by atoms with E-state index in [1.165, 1.54) is 24.0 Å². The number of aliphatic hydroxyl groups excluding tert-OH is 1. The zero-order chi connectivity index (χ0) is 12.4. The first kappa shape index (κ1) is 11.9. The number of thiazole rings is 1. The summed E-state index contributed by atoms with van der Waals surface area (Å²) in [6, 6.07) is 8.75. The Balaban J connectivity index is 1.91. The molecule has 1 saturated heterocycles. The SMILES string of the molecule is OCCC1CCCCN1c1nc2ccccc2s1. The van der Waals surface area contributed by atoms with Crippen molar-refractivity contribution in [3.63, 3.8) is 0 Å². The summed E-state index contributed by atoms with van der Waals surface area (Å²) in [6.45, 7) is 1.34. The van der Waals surface area contributed by atoms with E-state index in [-0.39, 0.29) is 6.61 Å². The van der Waals surface area contributed by atoms with Crippen LogP contribution in [0.1, 0.15) is 25.7 Å². The molecule has 1 aliphatic heterocycles. The lowest BCUT2D eigenvalue weighted by molar-refractivity contribution is 0.262. The number of anilines is 1. The fourth-order valence-corrected chi connectivity index (χ4v) is 3.75. The number of fused-ring (bicyclic) bond motifs is 1. The molecule has 18 heavy (non-hydrogen) atoms. The van der Waals surface area contributed by atoms with Gasteiger partial charge in [-0.3, -0.25) is 0 Å². The molecule has 3 nitrogen and oxygen atoms in total. The minimum atomic E-state index is 0.270. The summed E-state index contributed by atoms with van der Waals surface area (Å²) in [7, 11) is 0. The molecular formula is C14H18N2OS. The third-order valence-corrected chi connectivity index (χ3v) is 4.69. The molecule has 1 unspecified atom stereocenters. The van der Waals surface area contributed by atoms with E-state index < -0.39 is 0 Å². The molecule has 96 valence electrons. The Hall–Kier alpha value is -1.13. The van der Waals surface area contributed by atoms with E-state index in [9.17, 15) is 5.11 Å². The van der Waals surface area contributed by atoms with E-state index >= 15 is 0 Å². The first-order chi connectivity index (χ1) is 8.88. The monoisotopic (exact) mass is 262 g/mol. The van der Waals surface area contributed by atoms with Gasteiger partial charge < -0.3 is 10.0 Å². The second-order valence-electron chi connectivity index (χ2n) is 4.82. The molecule has 0 aliphatic carbocycles. The van der Waals surface area contributed by atoms with Gasteiger partial charge in [0.15, 0.2) is 5.13 Å². The molecule has 1 fully saturated rings. The molecule has 1 aliphatic rings. The van der Waals surface area contributed by atoms with Crippen molar-refractivity contribution < 1.29 is 5.11 Å². The van der Waals surface area contributed by atoms with Crippen molar-refractivity contribution in [2.24, 2.45) is 0 Å². The molecule has 1 aromatic carbocycles. The van der Waals surface area contributed by atoms with Crippen LogP contribution >= 0.6 is 11.3 Å². The highest BCUT2D eigenvalue weighted by Gasteiger charge is 2.24. The molecular weight excluding hydrogens is 244 g/mol. The van der Waals surface area contributed by atoms with Crippen LogP contribution in [0.5, 0.6) is 0 Å². The van der Waals surface area contributed by atoms with Crippen LogP contribution in [0.15, 0.2) is 24.3 Å². The molecule has 1 aromatic heterocycles. The van der Waals surface area contributed by atoms with Gasteiger partial charge in [0.25, 0.3) is 0 Å². The summed E-state index contributed by atoms with van der Waals surface area (Å²) < 4.78 is 1.25. The van der Waals surface area contributed by atoms with Gasteiger partial charge in [0, 0.05) is 19.2 Å². The van der Waals surface area contributed by atoms with Crippen LogP contribution in [-0.2, 0) is 0 Å². The molecule has 0 bridgehead atoms. The van der Waals surface area contributed by atoms with Gasteiger partial charge in [-0.05, 0) is 37.8 Å². The predicted molar refractivity (Wildman–Crippen MR) is 76.3 cm³/mol. The molecule has 0 amide bonds. The minimum Gasteiger partial charge on any atom is -0.396 e. The van der Waals surface area contributed by atoms with Crippen molar-refractivity contribution in [3.05, 3.63) is 24.3 Å². The molecule has 2 heterocycles. The Morgan fingerprint density at radius 3 is 3.06 bits per heavy atom. The van der Waals surface area contributed by atoms with Crippen LogP contribution in [0.3, 0.4) is 0 Å². The first-order valence-electron chi connectivity index (χ1n) is 6.61. The van der Waals surface area contributed by atoms with Crippen molar-refractivity contribution >= 4 is 26.7 Å². The number of para-hydroxylation sites is 1. The van der Waals surface area contributed by atoms with Gasteiger partial charge in [-0.2, -0.15) is 0 Å². The lowest BCUT2D eigenvalue weighted by atomic mass is 10.0. The number of hydrogen-bond donors (Lipinski definition) is 1. The maximum absolute atomic E-state index is 9.18. The third kappa shape index (κ3) is 2.22. The summed E-state index contributed by atoms with van der Waals surface area (Å²) in [4.78, 5) is 7.12. The zero-order valence-electron chi connectivity index (χ0n) is 10.4. The predicted octanol–water partition coefficient (Wildman–Crippen LogP) is 3.04. The van der Waals surface area contributed by atoms with Gasteiger partial charge >= 0.3 is 0 Å². The van der Waals surface area contributed by atoms with Crippen LogP contribution in [0.4, 0.5) is 5.13 Å². The molecule has 2 aromatic rings. The number of benzene rings is 1. The van der Waals surface area contributed by atoms with E-state index in [1.54, 1.807) is 11.3 Å². The molecule has 1 atom stereocenters. The molecule has 3 rings (SSSR count). The highest BCUT2D eigenvalue weighted by Crippen LogP contribution is 2.33. The van der Waals surface area contributed by atoms with E-state index in [0.29, 0.717) is 6.04 Å². The summed E-state index contributed by atoms with van der Waals surface area (Å²) in [6.07, 6.45) is 4.54. The van der Waals surface area contributed by atoms with Crippen LogP contribution < -0.4 is 4.90 Å². The minimum absolute atomic E-state index is 0.270. The van der Waals surface area contributed by atoms with Crippen molar-refractivity contribution in [2.75, 3.05) is 18.1 Å². The quantitative estimate of drug-likeness (QED) is 0.923. The number of nitrogens with zero attached hydrogens (tertiary/aromatic N) is 2. The highest BCUT2D eigenvalue weighted by molar-refractivity contribution is 7.22. The third-order valence-electron chi connectivity index (χ3n) is 3.62. The molecule has 0 spiro atoms. The summed E-state index contributed by atoms with van der Waals surface area (Å²) >= 11 is 1.77. The fourth-order valence-electron chi connectivity index (χ4n) is 2.68. The Morgan fingerprint density at radius 1 is 1.33 bits per heavy atom. The smallest absolute Gasteiger partial charge is 0.186 e. The summed E-state index contributed by atoms with van der Waals surface area (Å²) in [5, 5.41) is 10.3. The number of hydrogen-bond acceptors (Lipinski definition) is 4. The maximum atomic E-state index is 9.18. The van der Waals surface area contributed by atoms with Gasteiger partial charge in [0.1, 0.15) is 0 Å².